The first-order valence-electron chi connectivity index (χ1n) is 19.9. The highest BCUT2D eigenvalue weighted by Crippen LogP contribution is 2.44. The predicted molar refractivity (Wildman–Crippen MR) is 250 cm³/mol. The van der Waals surface area contributed by atoms with E-state index < -0.39 is 0 Å². The van der Waals surface area contributed by atoms with Crippen LogP contribution in [0.4, 0.5) is 17.1 Å². The summed E-state index contributed by atoms with van der Waals surface area (Å²) in [7, 11) is 0. The Bertz CT molecular complexity index is 3550. The average molecular weight is 771 g/mol. The third kappa shape index (κ3) is 5.68. The summed E-state index contributed by atoms with van der Waals surface area (Å²) in [4.78, 5) is 7.39. The van der Waals surface area contributed by atoms with Gasteiger partial charge in [0.15, 0.2) is 0 Å². The van der Waals surface area contributed by atoms with Crippen LogP contribution in [0.3, 0.4) is 0 Å². The normalized spacial score (nSPS) is 11.7. The second-order valence-electron chi connectivity index (χ2n) is 15.1. The van der Waals surface area contributed by atoms with Crippen molar-refractivity contribution in [3.8, 4) is 32.8 Å². The van der Waals surface area contributed by atoms with Crippen molar-refractivity contribution in [2.45, 2.75) is 0 Å². The van der Waals surface area contributed by atoms with Gasteiger partial charge in [-0.25, -0.2) is 4.98 Å². The molecule has 0 aliphatic carbocycles. The lowest BCUT2D eigenvalue weighted by atomic mass is 9.96. The highest BCUT2D eigenvalue weighted by Gasteiger charge is 2.19. The van der Waals surface area contributed by atoms with Crippen molar-refractivity contribution in [1.82, 2.24) is 4.98 Å². The van der Waals surface area contributed by atoms with Gasteiger partial charge in [-0.15, -0.1) is 11.3 Å². The predicted octanol–water partition coefficient (Wildman–Crippen LogP) is 16.1. The van der Waals surface area contributed by atoms with E-state index in [4.69, 9.17) is 9.40 Å². The van der Waals surface area contributed by atoms with E-state index >= 15 is 0 Å². The molecule has 0 bridgehead atoms. The SMILES string of the molecule is c1ccc(-c2nc3ccc4oc5cc(-c6ccc(N(c7cc(-c8ccccc8)c8ccccc8c7)c7ccc8ccc9ccccc9c8c7)cc6)ccc5c4c3s2)cc1. The fraction of sp³-hybridized carbons (Fsp3) is 0. The number of furan rings is 1. The Hall–Kier alpha value is -7.53. The largest absolute Gasteiger partial charge is 0.456 e. The summed E-state index contributed by atoms with van der Waals surface area (Å²) < 4.78 is 7.69. The molecule has 59 heavy (non-hydrogen) atoms. The van der Waals surface area contributed by atoms with Crippen LogP contribution >= 0.6 is 11.3 Å². The summed E-state index contributed by atoms with van der Waals surface area (Å²) in [6, 6.07) is 74.1. The lowest BCUT2D eigenvalue weighted by Crippen LogP contribution is -2.10. The van der Waals surface area contributed by atoms with E-state index in [1.54, 1.807) is 11.3 Å². The Balaban J connectivity index is 0.989. The zero-order valence-electron chi connectivity index (χ0n) is 31.8. The second-order valence-corrected chi connectivity index (χ2v) is 16.1. The molecule has 0 radical (unpaired) electrons. The average Bonchev–Trinajstić information content (AvgIpc) is 3.91. The van der Waals surface area contributed by atoms with Crippen LogP contribution in [0.25, 0.3) is 97.3 Å². The molecule has 0 N–H and O–H groups in total. The van der Waals surface area contributed by atoms with Gasteiger partial charge in [0.2, 0.25) is 0 Å². The molecule has 4 heteroatoms. The molecule has 10 aromatic carbocycles. The molecular weight excluding hydrogens is 737 g/mol. The molecule has 0 saturated carbocycles. The van der Waals surface area contributed by atoms with Crippen molar-refractivity contribution in [2.24, 2.45) is 0 Å². The van der Waals surface area contributed by atoms with E-state index in [0.717, 1.165) is 70.9 Å². The molecule has 0 unspecified atom stereocenters. The van der Waals surface area contributed by atoms with Crippen molar-refractivity contribution in [3.05, 3.63) is 206 Å². The molecule has 12 rings (SSSR count). The second kappa shape index (κ2) is 13.6. The minimum absolute atomic E-state index is 0.873. The number of hydrogen-bond acceptors (Lipinski definition) is 4. The molecule has 2 heterocycles. The van der Waals surface area contributed by atoms with Crippen LogP contribution in [0.5, 0.6) is 0 Å². The Morgan fingerprint density at radius 1 is 0.390 bits per heavy atom. The van der Waals surface area contributed by atoms with E-state index in [2.05, 4.69) is 205 Å². The fourth-order valence-electron chi connectivity index (χ4n) is 8.79. The Morgan fingerprint density at radius 3 is 1.86 bits per heavy atom. The van der Waals surface area contributed by atoms with Gasteiger partial charge in [0.05, 0.1) is 10.2 Å². The number of thiazole rings is 1. The number of anilines is 3. The molecule has 0 saturated heterocycles. The van der Waals surface area contributed by atoms with E-state index in [9.17, 15) is 0 Å². The first kappa shape index (κ1) is 33.6. The van der Waals surface area contributed by atoms with Crippen LogP contribution in [-0.4, -0.2) is 4.98 Å². The van der Waals surface area contributed by atoms with Gasteiger partial charge in [-0.1, -0.05) is 146 Å². The molecule has 2 aromatic heterocycles. The van der Waals surface area contributed by atoms with E-state index in [1.807, 2.05) is 6.07 Å². The van der Waals surface area contributed by atoms with Crippen molar-refractivity contribution < 1.29 is 4.42 Å². The minimum Gasteiger partial charge on any atom is -0.456 e. The van der Waals surface area contributed by atoms with Gasteiger partial charge in [0.1, 0.15) is 16.2 Å². The van der Waals surface area contributed by atoms with Crippen molar-refractivity contribution in [2.75, 3.05) is 4.90 Å². The van der Waals surface area contributed by atoms with E-state index in [1.165, 1.54) is 43.4 Å². The molecule has 0 spiro atoms. The summed E-state index contributed by atoms with van der Waals surface area (Å²) in [6.45, 7) is 0. The van der Waals surface area contributed by atoms with Gasteiger partial charge in [-0.05, 0) is 115 Å². The first-order valence-corrected chi connectivity index (χ1v) is 20.8. The van der Waals surface area contributed by atoms with Crippen LogP contribution in [0.1, 0.15) is 0 Å². The summed E-state index contributed by atoms with van der Waals surface area (Å²) >= 11 is 1.73. The Morgan fingerprint density at radius 2 is 1.05 bits per heavy atom. The number of benzene rings is 10. The molecular formula is C55H34N2OS. The molecule has 0 atom stereocenters. The number of aromatic nitrogens is 1. The van der Waals surface area contributed by atoms with Crippen LogP contribution < -0.4 is 4.90 Å². The lowest BCUT2D eigenvalue weighted by molar-refractivity contribution is 0.669. The van der Waals surface area contributed by atoms with Gasteiger partial charge in [0, 0.05) is 33.4 Å². The molecule has 0 amide bonds. The number of rotatable bonds is 6. The zero-order chi connectivity index (χ0) is 38.9. The smallest absolute Gasteiger partial charge is 0.137 e. The maximum atomic E-state index is 6.53. The van der Waals surface area contributed by atoms with Crippen molar-refractivity contribution in [3.63, 3.8) is 0 Å². The van der Waals surface area contributed by atoms with E-state index in [0.29, 0.717) is 0 Å². The summed E-state index contributed by atoms with van der Waals surface area (Å²) in [6.07, 6.45) is 0. The summed E-state index contributed by atoms with van der Waals surface area (Å²) in [5, 5.41) is 10.6. The van der Waals surface area contributed by atoms with Gasteiger partial charge < -0.3 is 9.32 Å². The van der Waals surface area contributed by atoms with Gasteiger partial charge in [-0.2, -0.15) is 0 Å². The molecule has 276 valence electrons. The summed E-state index contributed by atoms with van der Waals surface area (Å²) in [5.74, 6) is 0. The van der Waals surface area contributed by atoms with Crippen LogP contribution in [0.15, 0.2) is 211 Å². The number of nitrogens with zero attached hydrogens (tertiary/aromatic N) is 2. The zero-order valence-corrected chi connectivity index (χ0v) is 32.7. The first-order chi connectivity index (χ1) is 29.2. The molecule has 0 aliphatic rings. The van der Waals surface area contributed by atoms with Crippen LogP contribution in [0, 0.1) is 0 Å². The number of hydrogen-bond donors (Lipinski definition) is 0. The standard InChI is InChI=1S/C55H34N2OS/c1-3-11-36(12-4-1)49-34-44(31-41-16-8-10-18-46(41)49)57(43-27-23-38-20-19-37-13-7-9-17-45(37)48(38)33-43)42-25-21-35(22-26-42)40-24-28-47-52(32-40)58-51-30-29-50-54(53(47)51)59-55(56-50)39-14-5-2-6-15-39/h1-34H. The molecule has 0 aliphatic heterocycles. The fourth-order valence-corrected chi connectivity index (χ4v) is 9.91. The number of fused-ring (bicyclic) bond motifs is 9. The molecule has 3 nitrogen and oxygen atoms in total. The van der Waals surface area contributed by atoms with Crippen LogP contribution in [0.2, 0.25) is 0 Å². The lowest BCUT2D eigenvalue weighted by Gasteiger charge is -2.27. The van der Waals surface area contributed by atoms with Crippen LogP contribution in [-0.2, 0) is 0 Å². The third-order valence-corrected chi connectivity index (χ3v) is 12.8. The van der Waals surface area contributed by atoms with Gasteiger partial charge >= 0.3 is 0 Å². The third-order valence-electron chi connectivity index (χ3n) is 11.6. The molecule has 12 aromatic rings. The minimum atomic E-state index is 0.873. The Labute approximate surface area is 344 Å². The van der Waals surface area contributed by atoms with Gasteiger partial charge in [-0.3, -0.25) is 0 Å². The van der Waals surface area contributed by atoms with Crippen molar-refractivity contribution in [1.29, 1.82) is 0 Å². The quantitative estimate of drug-likeness (QED) is 0.158. The monoisotopic (exact) mass is 770 g/mol. The van der Waals surface area contributed by atoms with Gasteiger partial charge in [0.25, 0.3) is 0 Å². The van der Waals surface area contributed by atoms with E-state index in [-0.39, 0.29) is 0 Å². The summed E-state index contributed by atoms with van der Waals surface area (Å²) in [5.41, 5.74) is 11.8. The van der Waals surface area contributed by atoms with Crippen molar-refractivity contribution >= 4 is 92.9 Å². The maximum Gasteiger partial charge on any atom is 0.137 e. The topological polar surface area (TPSA) is 29.3 Å². The maximum absolute atomic E-state index is 6.53. The highest BCUT2D eigenvalue weighted by molar-refractivity contribution is 7.22. The highest BCUT2D eigenvalue weighted by atomic mass is 32.1. The Kier molecular flexibility index (Phi) is 7.72. The molecule has 0 fully saturated rings.